The van der Waals surface area contributed by atoms with Crippen LogP contribution in [-0.2, 0) is 53.0 Å². The van der Waals surface area contributed by atoms with Crippen LogP contribution in [0.15, 0.2) is 11.8 Å². The summed E-state index contributed by atoms with van der Waals surface area (Å²) in [5, 5.41) is 41.4. The van der Waals surface area contributed by atoms with E-state index in [0.717, 1.165) is 6.92 Å². The van der Waals surface area contributed by atoms with Crippen molar-refractivity contribution in [2.45, 2.75) is 55.9 Å². The van der Waals surface area contributed by atoms with Crippen LogP contribution in [0.3, 0.4) is 0 Å². The van der Waals surface area contributed by atoms with Crippen LogP contribution in [-0.4, -0.2) is 120 Å². The second kappa shape index (κ2) is 11.4. The minimum absolute atomic E-state index is 0.703. The molecule has 0 aromatic rings. The highest BCUT2D eigenvalue weighted by Crippen LogP contribution is 2.28. The molecule has 35 heavy (non-hydrogen) atoms. The number of aliphatic hydroxyl groups is 3. The third-order valence-electron chi connectivity index (χ3n) is 4.64. The molecule has 0 radical (unpaired) electrons. The third-order valence-corrected chi connectivity index (χ3v) is 5.54. The topological polar surface area (TPSA) is 282 Å². The second-order valence-corrected chi connectivity index (χ2v) is 9.40. The maximum absolute atomic E-state index is 11.6. The van der Waals surface area contributed by atoms with Crippen molar-refractivity contribution in [3.63, 3.8) is 0 Å². The molecule has 7 N–H and O–H groups in total. The van der Waals surface area contributed by atoms with Crippen molar-refractivity contribution in [1.82, 2.24) is 5.32 Å². The number of nitrogens with one attached hydrogen (secondary N) is 1. The Morgan fingerprint density at radius 3 is 2.17 bits per heavy atom. The molecule has 2 heterocycles. The molecule has 18 nitrogen and oxygen atoms in total. The number of carbonyl (C=O) groups is 2. The highest BCUT2D eigenvalue weighted by molar-refractivity contribution is 7.81. The SMILES string of the molecule is CC(=O)N[C@@H]1[C@@H](OC[C@@H]2OC(C(=O)O)=C[C@H](O)[C@H]2O)[C@@H](OS(=O)(=O)O)[C@@H](COS(=O)(=O)O)O[C@H]1O. The van der Waals surface area contributed by atoms with E-state index in [4.69, 9.17) is 28.4 Å². The summed E-state index contributed by atoms with van der Waals surface area (Å²) in [5.41, 5.74) is 0. The molecule has 1 fully saturated rings. The molecule has 1 amide bonds. The van der Waals surface area contributed by atoms with E-state index >= 15 is 0 Å². The van der Waals surface area contributed by atoms with Gasteiger partial charge in [-0.05, 0) is 6.08 Å². The minimum atomic E-state index is -5.32. The van der Waals surface area contributed by atoms with Crippen molar-refractivity contribution < 1.29 is 78.5 Å². The fourth-order valence-electron chi connectivity index (χ4n) is 3.26. The molecule has 8 atom stereocenters. The number of hydrogen-bond acceptors (Lipinski definition) is 14. The van der Waals surface area contributed by atoms with Crippen LogP contribution in [0.2, 0.25) is 0 Å². The molecule has 0 bridgehead atoms. The summed E-state index contributed by atoms with van der Waals surface area (Å²) in [6.07, 6.45) is -12.1. The summed E-state index contributed by atoms with van der Waals surface area (Å²) in [6.45, 7) is -1.01. The second-order valence-electron chi connectivity index (χ2n) is 7.26. The molecular weight excluding hydrogens is 530 g/mol. The fourth-order valence-corrected chi connectivity index (χ4v) is 4.08. The third kappa shape index (κ3) is 8.57. The summed E-state index contributed by atoms with van der Waals surface area (Å²) in [6, 6.07) is -1.65. The number of hydrogen-bond donors (Lipinski definition) is 7. The van der Waals surface area contributed by atoms with Gasteiger partial charge in [0.05, 0.1) is 13.2 Å². The summed E-state index contributed by atoms with van der Waals surface area (Å²) >= 11 is 0. The van der Waals surface area contributed by atoms with Gasteiger partial charge in [0.25, 0.3) is 0 Å². The van der Waals surface area contributed by atoms with Crippen LogP contribution in [0.4, 0.5) is 0 Å². The van der Waals surface area contributed by atoms with Crippen molar-refractivity contribution >= 4 is 32.7 Å². The average Bonchev–Trinajstić information content (AvgIpc) is 2.69. The predicted molar refractivity (Wildman–Crippen MR) is 105 cm³/mol. The zero-order chi connectivity index (χ0) is 26.7. The summed E-state index contributed by atoms with van der Waals surface area (Å²) in [4.78, 5) is 22.8. The molecule has 2 aliphatic rings. The molecule has 2 aliphatic heterocycles. The van der Waals surface area contributed by atoms with E-state index in [2.05, 4.69) is 13.7 Å². The highest BCUT2D eigenvalue weighted by Gasteiger charge is 2.50. The first-order valence-corrected chi connectivity index (χ1v) is 12.2. The van der Waals surface area contributed by atoms with E-state index in [1.165, 1.54) is 0 Å². The normalized spacial score (nSPS) is 33.9. The largest absolute Gasteiger partial charge is 0.478 e. The number of carboxylic acid groups (broad SMARTS) is 1. The minimum Gasteiger partial charge on any atom is -0.478 e. The number of aliphatic hydroxyl groups excluding tert-OH is 3. The molecule has 0 aromatic heterocycles. The lowest BCUT2D eigenvalue weighted by Crippen LogP contribution is -2.66. The Hall–Kier alpha value is -1.98. The summed E-state index contributed by atoms with van der Waals surface area (Å²) < 4.78 is 86.7. The van der Waals surface area contributed by atoms with Gasteiger partial charge >= 0.3 is 26.8 Å². The van der Waals surface area contributed by atoms with Crippen LogP contribution < -0.4 is 5.32 Å². The molecule has 0 unspecified atom stereocenters. The molecule has 0 saturated carbocycles. The molecule has 0 aromatic carbocycles. The average molecular weight is 553 g/mol. The number of amides is 1. The molecule has 202 valence electrons. The Morgan fingerprint density at radius 1 is 1.03 bits per heavy atom. The fraction of sp³-hybridized carbons (Fsp3) is 0.733. The van der Waals surface area contributed by atoms with Gasteiger partial charge in [-0.2, -0.15) is 16.8 Å². The Bertz CT molecular complexity index is 1030. The number of rotatable bonds is 10. The molecular formula is C15H23NO17S2. The van der Waals surface area contributed by atoms with Crippen molar-refractivity contribution in [3.05, 3.63) is 11.8 Å². The van der Waals surface area contributed by atoms with Crippen LogP contribution >= 0.6 is 0 Å². The lowest BCUT2D eigenvalue weighted by atomic mass is 9.96. The smallest absolute Gasteiger partial charge is 0.397 e. The monoisotopic (exact) mass is 553 g/mol. The van der Waals surface area contributed by atoms with Gasteiger partial charge in [-0.1, -0.05) is 0 Å². The number of ether oxygens (including phenoxy) is 3. The summed E-state index contributed by atoms with van der Waals surface area (Å²) in [7, 11) is -10.4. The zero-order valence-electron chi connectivity index (χ0n) is 17.6. The van der Waals surface area contributed by atoms with Crippen molar-refractivity contribution in [2.75, 3.05) is 13.2 Å². The maximum Gasteiger partial charge on any atom is 0.397 e. The molecule has 0 spiro atoms. The van der Waals surface area contributed by atoms with Gasteiger partial charge in [-0.25, -0.2) is 13.2 Å². The Morgan fingerprint density at radius 2 is 1.66 bits per heavy atom. The van der Waals surface area contributed by atoms with Gasteiger partial charge < -0.3 is 40.0 Å². The number of carboxylic acids is 1. The lowest BCUT2D eigenvalue weighted by molar-refractivity contribution is -0.260. The van der Waals surface area contributed by atoms with E-state index < -0.39 is 101 Å². The van der Waals surface area contributed by atoms with Crippen molar-refractivity contribution in [3.8, 4) is 0 Å². The summed E-state index contributed by atoms with van der Waals surface area (Å²) in [5.74, 6) is -3.16. The van der Waals surface area contributed by atoms with Crippen molar-refractivity contribution in [1.29, 1.82) is 0 Å². The van der Waals surface area contributed by atoms with E-state index in [1.807, 2.05) is 0 Å². The van der Waals surface area contributed by atoms with Crippen LogP contribution in [0, 0.1) is 0 Å². The number of aliphatic carboxylic acids is 1. The van der Waals surface area contributed by atoms with E-state index in [0.29, 0.717) is 6.08 Å². The molecule has 20 heteroatoms. The van der Waals surface area contributed by atoms with E-state index in [9.17, 15) is 41.7 Å². The highest BCUT2D eigenvalue weighted by atomic mass is 32.3. The van der Waals surface area contributed by atoms with E-state index in [1.54, 1.807) is 0 Å². The van der Waals surface area contributed by atoms with E-state index in [-0.39, 0.29) is 0 Å². The quantitative estimate of drug-likeness (QED) is 0.126. The first kappa shape index (κ1) is 29.3. The number of carbonyl (C=O) groups excluding carboxylic acids is 1. The van der Waals surface area contributed by atoms with Crippen LogP contribution in [0.25, 0.3) is 0 Å². The van der Waals surface area contributed by atoms with Gasteiger partial charge in [-0.3, -0.25) is 13.9 Å². The Labute approximate surface area is 197 Å². The Balaban J connectivity index is 2.37. The van der Waals surface area contributed by atoms with Gasteiger partial charge in [0.2, 0.25) is 11.7 Å². The maximum atomic E-state index is 11.6. The van der Waals surface area contributed by atoms with Gasteiger partial charge in [0.1, 0.15) is 36.6 Å². The lowest BCUT2D eigenvalue weighted by Gasteiger charge is -2.44. The molecule has 1 saturated heterocycles. The van der Waals surface area contributed by atoms with Crippen LogP contribution in [0.5, 0.6) is 0 Å². The predicted octanol–water partition coefficient (Wildman–Crippen LogP) is -4.31. The molecule has 0 aliphatic carbocycles. The van der Waals surface area contributed by atoms with Gasteiger partial charge in [0, 0.05) is 6.92 Å². The first-order chi connectivity index (χ1) is 16.0. The van der Waals surface area contributed by atoms with Gasteiger partial charge in [-0.15, -0.1) is 0 Å². The molecule has 2 rings (SSSR count). The first-order valence-electron chi connectivity index (χ1n) is 9.46. The van der Waals surface area contributed by atoms with Crippen LogP contribution in [0.1, 0.15) is 6.92 Å². The standard InChI is InChI=1S/C15H23NO17S2/c1-5(17)16-10-13(29-3-8-11(19)6(18)2-7(31-8)14(20)21)12(33-35(26,27)28)9(32-15(10)22)4-30-34(23,24)25/h2,6,8-13,15,18-19,22H,3-4H2,1H3,(H,16,17)(H,20,21)(H,23,24,25)(H,26,27,28)/t6-,8-,9+,10+,11+,12-,13+,15+/m0/s1. The van der Waals surface area contributed by atoms with Gasteiger partial charge in [0.15, 0.2) is 12.4 Å². The van der Waals surface area contributed by atoms with Crippen molar-refractivity contribution in [2.24, 2.45) is 0 Å². The zero-order valence-corrected chi connectivity index (χ0v) is 19.2. The Kier molecular flexibility index (Phi) is 9.52.